The van der Waals surface area contributed by atoms with Crippen molar-refractivity contribution in [3.05, 3.63) is 317 Å². The molecule has 0 fully saturated rings. The summed E-state index contributed by atoms with van der Waals surface area (Å²) in [5.74, 6) is 0. The minimum Gasteiger partial charge on any atom is -0.310 e. The maximum atomic E-state index is 2.51. The highest BCUT2D eigenvalue weighted by Gasteiger charge is 2.47. The lowest BCUT2D eigenvalue weighted by molar-refractivity contribution is 0.660. The Morgan fingerprint density at radius 1 is 0.284 bits per heavy atom. The van der Waals surface area contributed by atoms with Gasteiger partial charge in [0.1, 0.15) is 0 Å². The van der Waals surface area contributed by atoms with Crippen molar-refractivity contribution in [2.24, 2.45) is 0 Å². The average molecular weight is 1050 g/mol. The van der Waals surface area contributed by atoms with Gasteiger partial charge in [-0.1, -0.05) is 258 Å². The van der Waals surface area contributed by atoms with Crippen LogP contribution in [0.5, 0.6) is 0 Å². The zero-order valence-electron chi connectivity index (χ0n) is 45.8. The van der Waals surface area contributed by atoms with Gasteiger partial charge in [0, 0.05) is 48.1 Å². The molecule has 0 amide bonds. The van der Waals surface area contributed by atoms with Crippen molar-refractivity contribution < 1.29 is 0 Å². The second-order valence-corrected chi connectivity index (χ2v) is 24.6. The molecule has 1 atom stereocenters. The minimum atomic E-state index is -0.619. The molecule has 0 radical (unpaired) electrons. The SMILES string of the molecule is CC1(C)c2ccccc2-c2ccc(N(c3cccc(-c4cccc5c4-c4ccccc4C5(c4ccc(-c5ccccc5)cc4)c4ccc(-c5cccc6c5sc5ccccc56)cc4)c3)c3ccc4c(c3)C(C)(C)c3ccccc3-4)cc21. The molecule has 1 heterocycles. The number of nitrogens with zero attached hydrogens (tertiary/aromatic N) is 1. The van der Waals surface area contributed by atoms with Crippen LogP contribution in [-0.2, 0) is 16.2 Å². The molecule has 0 aliphatic heterocycles. The molecule has 1 aromatic heterocycles. The van der Waals surface area contributed by atoms with Crippen molar-refractivity contribution in [2.45, 2.75) is 43.9 Å². The van der Waals surface area contributed by atoms with Crippen LogP contribution in [0.25, 0.3) is 86.9 Å². The zero-order chi connectivity index (χ0) is 54.2. The molecule has 12 aromatic carbocycles. The predicted octanol–water partition coefficient (Wildman–Crippen LogP) is 21.5. The molecule has 1 unspecified atom stereocenters. The summed E-state index contributed by atoms with van der Waals surface area (Å²) in [5, 5.41) is 2.63. The first-order valence-corrected chi connectivity index (χ1v) is 29.3. The number of benzene rings is 12. The molecular formula is C79H57NS. The van der Waals surface area contributed by atoms with Crippen molar-refractivity contribution in [2.75, 3.05) is 4.90 Å². The maximum Gasteiger partial charge on any atom is 0.0713 e. The van der Waals surface area contributed by atoms with Gasteiger partial charge in [0.05, 0.1) is 5.41 Å². The van der Waals surface area contributed by atoms with E-state index in [9.17, 15) is 0 Å². The summed E-state index contributed by atoms with van der Waals surface area (Å²) in [6.45, 7) is 9.53. The quantitative estimate of drug-likeness (QED) is 0.147. The van der Waals surface area contributed by atoms with Gasteiger partial charge in [-0.25, -0.2) is 0 Å². The molecule has 0 saturated carbocycles. The topological polar surface area (TPSA) is 3.24 Å². The molecule has 0 spiro atoms. The molecule has 0 saturated heterocycles. The van der Waals surface area contributed by atoms with Gasteiger partial charge in [0.15, 0.2) is 0 Å². The van der Waals surface area contributed by atoms with Gasteiger partial charge in [0.25, 0.3) is 0 Å². The first kappa shape index (κ1) is 47.6. The Labute approximate surface area is 478 Å². The Bertz CT molecular complexity index is 4580. The summed E-state index contributed by atoms with van der Waals surface area (Å²) >= 11 is 1.89. The highest BCUT2D eigenvalue weighted by Crippen LogP contribution is 2.60. The smallest absolute Gasteiger partial charge is 0.0713 e. The normalized spacial score (nSPS) is 15.7. The largest absolute Gasteiger partial charge is 0.310 e. The first-order chi connectivity index (χ1) is 39.7. The molecule has 1 nitrogen and oxygen atoms in total. The fraction of sp³-hybridized carbons (Fsp3) is 0.0886. The predicted molar refractivity (Wildman–Crippen MR) is 343 cm³/mol. The van der Waals surface area contributed by atoms with Crippen molar-refractivity contribution in [1.82, 2.24) is 0 Å². The lowest BCUT2D eigenvalue weighted by Gasteiger charge is -2.34. The summed E-state index contributed by atoms with van der Waals surface area (Å²) in [5.41, 5.74) is 28.1. The minimum absolute atomic E-state index is 0.156. The lowest BCUT2D eigenvalue weighted by Crippen LogP contribution is -2.28. The summed E-state index contributed by atoms with van der Waals surface area (Å²) < 4.78 is 2.65. The van der Waals surface area contributed by atoms with E-state index in [1.54, 1.807) is 0 Å². The van der Waals surface area contributed by atoms with E-state index in [0.29, 0.717) is 0 Å². The van der Waals surface area contributed by atoms with E-state index in [1.165, 1.54) is 131 Å². The highest BCUT2D eigenvalue weighted by molar-refractivity contribution is 7.26. The second kappa shape index (κ2) is 17.8. The summed E-state index contributed by atoms with van der Waals surface area (Å²) in [4.78, 5) is 2.51. The van der Waals surface area contributed by atoms with Crippen molar-refractivity contribution >= 4 is 48.6 Å². The third kappa shape index (κ3) is 6.97. The standard InChI is InChI=1S/C79H57NS/c1-77(2)68-30-12-8-23-61(68)63-45-43-57(48-72(63)77)80(58-44-46-64-62-24-9-13-31-69(62)78(3,4)73(64)49-58)56-22-16-21-53(47-56)59-27-18-33-71-75(59)67-26-10-14-32-70(67)79(71,54-39-35-51(36-40-54)50-19-6-5-7-20-50)55-41-37-52(38-42-55)60-28-17-29-66-65-25-11-15-34-74(65)81-76(60)66/h5-49H,1-4H3. The van der Waals surface area contributed by atoms with Crippen LogP contribution in [0.4, 0.5) is 17.1 Å². The molecule has 2 heteroatoms. The van der Waals surface area contributed by atoms with Gasteiger partial charge in [0.2, 0.25) is 0 Å². The molecule has 16 rings (SSSR count). The monoisotopic (exact) mass is 1050 g/mol. The van der Waals surface area contributed by atoms with E-state index in [1.807, 2.05) is 11.3 Å². The van der Waals surface area contributed by atoms with Crippen molar-refractivity contribution in [3.63, 3.8) is 0 Å². The van der Waals surface area contributed by atoms with Crippen LogP contribution < -0.4 is 4.90 Å². The van der Waals surface area contributed by atoms with Crippen LogP contribution in [0.15, 0.2) is 273 Å². The van der Waals surface area contributed by atoms with Crippen molar-refractivity contribution in [3.8, 4) is 66.8 Å². The van der Waals surface area contributed by atoms with Crippen LogP contribution in [0.3, 0.4) is 0 Å². The van der Waals surface area contributed by atoms with Crippen molar-refractivity contribution in [1.29, 1.82) is 0 Å². The van der Waals surface area contributed by atoms with E-state index < -0.39 is 5.41 Å². The summed E-state index contributed by atoms with van der Waals surface area (Å²) in [6.07, 6.45) is 0. The Kier molecular flexibility index (Phi) is 10.5. The molecule has 81 heavy (non-hydrogen) atoms. The van der Waals surface area contributed by atoms with Gasteiger partial charge < -0.3 is 4.90 Å². The maximum absolute atomic E-state index is 2.51. The second-order valence-electron chi connectivity index (χ2n) is 23.5. The molecular weight excluding hydrogens is 995 g/mol. The molecule has 384 valence electrons. The molecule has 0 N–H and O–H groups in total. The zero-order valence-corrected chi connectivity index (χ0v) is 46.7. The number of hydrogen-bond donors (Lipinski definition) is 0. The van der Waals surface area contributed by atoms with Gasteiger partial charge in [-0.3, -0.25) is 0 Å². The fourth-order valence-corrected chi connectivity index (χ4v) is 15.9. The molecule has 3 aliphatic carbocycles. The van der Waals surface area contributed by atoms with E-state index in [0.717, 1.165) is 17.1 Å². The molecule has 0 bridgehead atoms. The first-order valence-electron chi connectivity index (χ1n) is 28.5. The number of thiophene rings is 1. The summed E-state index contributed by atoms with van der Waals surface area (Å²) in [7, 11) is 0. The lowest BCUT2D eigenvalue weighted by atomic mass is 9.67. The number of anilines is 3. The number of fused-ring (bicyclic) bond motifs is 12. The van der Waals surface area contributed by atoms with Gasteiger partial charge in [-0.05, 0) is 154 Å². The van der Waals surface area contributed by atoms with Crippen LogP contribution in [-0.4, -0.2) is 0 Å². The van der Waals surface area contributed by atoms with E-state index in [4.69, 9.17) is 0 Å². The number of rotatable bonds is 8. The molecule has 13 aromatic rings. The number of hydrogen-bond acceptors (Lipinski definition) is 2. The van der Waals surface area contributed by atoms with Gasteiger partial charge in [-0.15, -0.1) is 11.3 Å². The van der Waals surface area contributed by atoms with Gasteiger partial charge >= 0.3 is 0 Å². The Morgan fingerprint density at radius 2 is 0.741 bits per heavy atom. The van der Waals surface area contributed by atoms with Crippen LogP contribution >= 0.6 is 11.3 Å². The molecule has 3 aliphatic rings. The average Bonchev–Trinajstić information content (AvgIpc) is 3.42. The Morgan fingerprint density at radius 3 is 1.41 bits per heavy atom. The third-order valence-electron chi connectivity index (χ3n) is 18.6. The fourth-order valence-electron chi connectivity index (χ4n) is 14.7. The van der Waals surface area contributed by atoms with Crippen LogP contribution in [0, 0.1) is 0 Å². The Balaban J connectivity index is 0.881. The van der Waals surface area contributed by atoms with Gasteiger partial charge in [-0.2, -0.15) is 0 Å². The highest BCUT2D eigenvalue weighted by atomic mass is 32.1. The van der Waals surface area contributed by atoms with Crippen LogP contribution in [0.2, 0.25) is 0 Å². The van der Waals surface area contributed by atoms with E-state index in [2.05, 4.69) is 306 Å². The Hall–Kier alpha value is -9.34. The third-order valence-corrected chi connectivity index (χ3v) is 19.8. The summed E-state index contributed by atoms with van der Waals surface area (Å²) in [6, 6.07) is 103. The van der Waals surface area contributed by atoms with E-state index >= 15 is 0 Å². The van der Waals surface area contributed by atoms with Crippen LogP contribution in [0.1, 0.15) is 72.2 Å². The van der Waals surface area contributed by atoms with E-state index in [-0.39, 0.29) is 10.8 Å².